The van der Waals surface area contributed by atoms with E-state index in [4.69, 9.17) is 12.2 Å². The Labute approximate surface area is 140 Å². The van der Waals surface area contributed by atoms with E-state index in [2.05, 4.69) is 15.5 Å². The fourth-order valence-corrected chi connectivity index (χ4v) is 3.75. The summed E-state index contributed by atoms with van der Waals surface area (Å²) in [4.78, 5) is 14.4. The normalized spacial score (nSPS) is 12.2. The number of thiophene rings is 2. The topological polar surface area (TPSA) is 62.7 Å². The number of amides is 1. The van der Waals surface area contributed by atoms with E-state index in [1.165, 1.54) is 0 Å². The first-order valence-corrected chi connectivity index (χ1v) is 8.84. The van der Waals surface area contributed by atoms with Crippen molar-refractivity contribution in [3.05, 3.63) is 44.7 Å². The highest BCUT2D eigenvalue weighted by Gasteiger charge is 2.15. The van der Waals surface area contributed by atoms with Crippen LogP contribution < -0.4 is 5.32 Å². The molecule has 0 aliphatic carbocycles. The number of H-pyrrole nitrogens is 1. The van der Waals surface area contributed by atoms with E-state index in [9.17, 15) is 4.79 Å². The second kappa shape index (κ2) is 6.55. The maximum absolute atomic E-state index is 12.3. The molecule has 3 heterocycles. The van der Waals surface area contributed by atoms with Gasteiger partial charge in [-0.2, -0.15) is 5.10 Å². The number of nitrogens with zero attached hydrogens (tertiary/aromatic N) is 2. The molecule has 0 spiro atoms. The van der Waals surface area contributed by atoms with Crippen LogP contribution in [0.25, 0.3) is 10.7 Å². The molecule has 0 saturated carbocycles. The van der Waals surface area contributed by atoms with Gasteiger partial charge < -0.3 is 5.32 Å². The molecule has 0 aliphatic rings. The molecule has 1 atom stereocenters. The summed E-state index contributed by atoms with van der Waals surface area (Å²) in [6, 6.07) is 7.87. The highest BCUT2D eigenvalue weighted by molar-refractivity contribution is 7.71. The minimum absolute atomic E-state index is 0.0150. The summed E-state index contributed by atoms with van der Waals surface area (Å²) in [6.45, 7) is 2.12. The van der Waals surface area contributed by atoms with Crippen molar-refractivity contribution in [3.63, 3.8) is 0 Å². The molecule has 0 aromatic carbocycles. The molecular formula is C14H14N4OS3. The molecule has 114 valence electrons. The summed E-state index contributed by atoms with van der Waals surface area (Å²) in [5.41, 5.74) is 0. The van der Waals surface area contributed by atoms with Crippen LogP contribution in [0.1, 0.15) is 17.8 Å². The molecular weight excluding hydrogens is 336 g/mol. The van der Waals surface area contributed by atoms with Crippen molar-refractivity contribution in [1.82, 2.24) is 20.1 Å². The monoisotopic (exact) mass is 350 g/mol. The quantitative estimate of drug-likeness (QED) is 0.691. The van der Waals surface area contributed by atoms with Gasteiger partial charge in [0.1, 0.15) is 6.54 Å². The van der Waals surface area contributed by atoms with Gasteiger partial charge in [0, 0.05) is 4.88 Å². The van der Waals surface area contributed by atoms with Crippen LogP contribution in [0, 0.1) is 4.77 Å². The third-order valence-electron chi connectivity index (χ3n) is 3.15. The van der Waals surface area contributed by atoms with Crippen LogP contribution in [0.5, 0.6) is 0 Å². The minimum Gasteiger partial charge on any atom is -0.347 e. The van der Waals surface area contributed by atoms with Gasteiger partial charge in [-0.25, -0.2) is 0 Å². The summed E-state index contributed by atoms with van der Waals surface area (Å²) >= 11 is 8.42. The molecule has 3 aromatic rings. The molecule has 0 aliphatic heterocycles. The van der Waals surface area contributed by atoms with Crippen molar-refractivity contribution in [2.24, 2.45) is 0 Å². The lowest BCUT2D eigenvalue weighted by Crippen LogP contribution is -2.30. The predicted octanol–water partition coefficient (Wildman–Crippen LogP) is 3.61. The van der Waals surface area contributed by atoms with Crippen LogP contribution in [-0.4, -0.2) is 20.7 Å². The van der Waals surface area contributed by atoms with Crippen molar-refractivity contribution >= 4 is 40.8 Å². The van der Waals surface area contributed by atoms with Gasteiger partial charge in [-0.15, -0.1) is 22.7 Å². The molecule has 0 bridgehead atoms. The third kappa shape index (κ3) is 3.18. The van der Waals surface area contributed by atoms with Crippen LogP contribution in [0.2, 0.25) is 0 Å². The van der Waals surface area contributed by atoms with E-state index in [1.807, 2.05) is 41.9 Å². The number of nitrogens with one attached hydrogen (secondary N) is 2. The first-order valence-electron chi connectivity index (χ1n) is 6.67. The molecule has 5 nitrogen and oxygen atoms in total. The van der Waals surface area contributed by atoms with Crippen molar-refractivity contribution in [3.8, 4) is 10.7 Å². The lowest BCUT2D eigenvalue weighted by Gasteiger charge is -2.13. The number of aromatic amines is 1. The van der Waals surface area contributed by atoms with Crippen molar-refractivity contribution < 1.29 is 4.79 Å². The summed E-state index contributed by atoms with van der Waals surface area (Å²) in [7, 11) is 0. The van der Waals surface area contributed by atoms with Gasteiger partial charge in [0.05, 0.1) is 10.9 Å². The summed E-state index contributed by atoms with van der Waals surface area (Å²) in [5, 5.41) is 13.9. The first kappa shape index (κ1) is 15.1. The standard InChI is InChI=1S/C14H14N4OS3/c1-9(10-4-2-6-21-10)15-12(19)8-18-13(16-17-14(18)20)11-5-3-7-22-11/h2-7,9H,8H2,1H3,(H,15,19)(H,17,20)/t9-/m1/s1. The number of aromatic nitrogens is 3. The van der Waals surface area contributed by atoms with Gasteiger partial charge in [0.2, 0.25) is 5.91 Å². The smallest absolute Gasteiger partial charge is 0.240 e. The van der Waals surface area contributed by atoms with Crippen LogP contribution in [-0.2, 0) is 11.3 Å². The highest BCUT2D eigenvalue weighted by Crippen LogP contribution is 2.23. The van der Waals surface area contributed by atoms with Gasteiger partial charge in [-0.05, 0) is 42.0 Å². The Balaban J connectivity index is 1.75. The zero-order valence-electron chi connectivity index (χ0n) is 11.8. The maximum atomic E-state index is 12.3. The third-order valence-corrected chi connectivity index (χ3v) is 5.38. The van der Waals surface area contributed by atoms with Gasteiger partial charge in [0.25, 0.3) is 0 Å². The molecule has 3 aromatic heterocycles. The van der Waals surface area contributed by atoms with Crippen LogP contribution in [0.15, 0.2) is 35.0 Å². The summed E-state index contributed by atoms with van der Waals surface area (Å²) < 4.78 is 2.17. The second-order valence-electron chi connectivity index (χ2n) is 4.72. The van der Waals surface area contributed by atoms with Gasteiger partial charge in [-0.3, -0.25) is 14.5 Å². The number of rotatable bonds is 5. The number of carbonyl (C=O) groups excluding carboxylic acids is 1. The van der Waals surface area contributed by atoms with Gasteiger partial charge in [0.15, 0.2) is 10.6 Å². The first-order chi connectivity index (χ1) is 10.6. The molecule has 8 heteroatoms. The molecule has 0 radical (unpaired) electrons. The Morgan fingerprint density at radius 2 is 2.18 bits per heavy atom. The zero-order chi connectivity index (χ0) is 15.5. The second-order valence-corrected chi connectivity index (χ2v) is 7.03. The Kier molecular flexibility index (Phi) is 4.51. The Bertz CT molecular complexity index is 802. The van der Waals surface area contributed by atoms with E-state index in [0.717, 1.165) is 9.75 Å². The van der Waals surface area contributed by atoms with E-state index in [-0.39, 0.29) is 18.5 Å². The summed E-state index contributed by atoms with van der Waals surface area (Å²) in [5.74, 6) is 0.607. The lowest BCUT2D eigenvalue weighted by molar-refractivity contribution is -0.122. The molecule has 0 saturated heterocycles. The van der Waals surface area contributed by atoms with Gasteiger partial charge in [-0.1, -0.05) is 12.1 Å². The van der Waals surface area contributed by atoms with Crippen LogP contribution in [0.3, 0.4) is 0 Å². The Hall–Kier alpha value is -1.77. The van der Waals surface area contributed by atoms with E-state index >= 15 is 0 Å². The average Bonchev–Trinajstić information content (AvgIpc) is 3.21. The molecule has 1 amide bonds. The van der Waals surface area contributed by atoms with E-state index < -0.39 is 0 Å². The Morgan fingerprint density at radius 1 is 1.41 bits per heavy atom. The fourth-order valence-electron chi connectivity index (χ4n) is 2.10. The zero-order valence-corrected chi connectivity index (χ0v) is 14.2. The minimum atomic E-state index is -0.0868. The lowest BCUT2D eigenvalue weighted by atomic mass is 10.3. The molecule has 22 heavy (non-hydrogen) atoms. The molecule has 0 fully saturated rings. The molecule has 3 rings (SSSR count). The van der Waals surface area contributed by atoms with Crippen molar-refractivity contribution in [2.75, 3.05) is 0 Å². The molecule has 2 N–H and O–H groups in total. The highest BCUT2D eigenvalue weighted by atomic mass is 32.1. The summed E-state index contributed by atoms with van der Waals surface area (Å²) in [6.07, 6.45) is 0. The van der Waals surface area contributed by atoms with Crippen molar-refractivity contribution in [1.29, 1.82) is 0 Å². The number of hydrogen-bond acceptors (Lipinski definition) is 5. The van der Waals surface area contributed by atoms with Gasteiger partial charge >= 0.3 is 0 Å². The van der Waals surface area contributed by atoms with E-state index in [1.54, 1.807) is 27.2 Å². The number of hydrogen-bond donors (Lipinski definition) is 2. The number of carbonyl (C=O) groups is 1. The van der Waals surface area contributed by atoms with Crippen molar-refractivity contribution in [2.45, 2.75) is 19.5 Å². The van der Waals surface area contributed by atoms with E-state index in [0.29, 0.717) is 10.6 Å². The molecule has 0 unspecified atom stereocenters. The van der Waals surface area contributed by atoms with Crippen LogP contribution in [0.4, 0.5) is 0 Å². The van der Waals surface area contributed by atoms with Crippen LogP contribution >= 0.6 is 34.9 Å². The predicted molar refractivity (Wildman–Crippen MR) is 91.6 cm³/mol. The fraction of sp³-hybridized carbons (Fsp3) is 0.214. The SMILES string of the molecule is C[C@@H](NC(=O)Cn1c(-c2cccs2)n[nH]c1=S)c1cccs1. The average molecular weight is 350 g/mol. The largest absolute Gasteiger partial charge is 0.347 e. The Morgan fingerprint density at radius 3 is 2.86 bits per heavy atom. The maximum Gasteiger partial charge on any atom is 0.240 e.